The molecular formula is C21H26N2O2. The maximum atomic E-state index is 13.0. The molecule has 1 aromatic carbocycles. The number of hydrogen-bond donors (Lipinski definition) is 1. The minimum Gasteiger partial charge on any atom is -0.352 e. The number of carbonyl (C=O) groups excluding carboxylic acids is 2. The van der Waals surface area contributed by atoms with E-state index in [1.807, 2.05) is 19.2 Å². The lowest BCUT2D eigenvalue weighted by Crippen LogP contribution is -2.53. The van der Waals surface area contributed by atoms with Crippen molar-refractivity contribution in [3.8, 4) is 0 Å². The highest BCUT2D eigenvalue weighted by Crippen LogP contribution is 2.60. The third-order valence-electron chi connectivity index (χ3n) is 7.19. The summed E-state index contributed by atoms with van der Waals surface area (Å²) in [7, 11) is 1.82. The number of nitrogens with one attached hydrogen (secondary N) is 1. The highest BCUT2D eigenvalue weighted by Gasteiger charge is 2.54. The van der Waals surface area contributed by atoms with Crippen LogP contribution in [-0.4, -0.2) is 18.9 Å². The monoisotopic (exact) mass is 338 g/mol. The fourth-order valence-electron chi connectivity index (χ4n) is 6.39. The number of amides is 2. The molecule has 25 heavy (non-hydrogen) atoms. The van der Waals surface area contributed by atoms with Crippen LogP contribution in [0.5, 0.6) is 0 Å². The van der Waals surface area contributed by atoms with Gasteiger partial charge < -0.3 is 10.2 Å². The molecule has 4 heteroatoms. The molecule has 4 bridgehead atoms. The molecule has 1 N–H and O–H groups in total. The van der Waals surface area contributed by atoms with Gasteiger partial charge in [0.25, 0.3) is 0 Å². The number of nitrogens with zero attached hydrogens (tertiary/aromatic N) is 1. The van der Waals surface area contributed by atoms with E-state index in [1.165, 1.54) is 19.3 Å². The average molecular weight is 338 g/mol. The van der Waals surface area contributed by atoms with Crippen molar-refractivity contribution in [2.45, 2.75) is 51.5 Å². The Morgan fingerprint density at radius 1 is 1.16 bits per heavy atom. The fourth-order valence-corrected chi connectivity index (χ4v) is 6.39. The van der Waals surface area contributed by atoms with Crippen molar-refractivity contribution in [1.82, 2.24) is 5.32 Å². The smallest absolute Gasteiger partial charge is 0.231 e. The summed E-state index contributed by atoms with van der Waals surface area (Å²) in [6.45, 7) is 0.575. The van der Waals surface area contributed by atoms with Crippen LogP contribution >= 0.6 is 0 Å². The van der Waals surface area contributed by atoms with Crippen molar-refractivity contribution >= 4 is 17.5 Å². The summed E-state index contributed by atoms with van der Waals surface area (Å²) in [5, 5.41) is 3.23. The van der Waals surface area contributed by atoms with Gasteiger partial charge in [-0.05, 0) is 73.5 Å². The zero-order valence-electron chi connectivity index (χ0n) is 14.9. The molecule has 6 rings (SSSR count). The molecule has 0 unspecified atom stereocenters. The minimum atomic E-state index is -0.0817. The van der Waals surface area contributed by atoms with E-state index < -0.39 is 0 Å². The lowest BCUT2D eigenvalue weighted by molar-refractivity contribution is -0.146. The van der Waals surface area contributed by atoms with E-state index in [0.717, 1.165) is 53.8 Å². The van der Waals surface area contributed by atoms with Crippen molar-refractivity contribution < 1.29 is 9.59 Å². The van der Waals surface area contributed by atoms with Crippen LogP contribution < -0.4 is 10.2 Å². The summed E-state index contributed by atoms with van der Waals surface area (Å²) < 4.78 is 0. The summed E-state index contributed by atoms with van der Waals surface area (Å²) in [6.07, 6.45) is 7.87. The normalized spacial score (nSPS) is 35.2. The van der Waals surface area contributed by atoms with Gasteiger partial charge in [0.15, 0.2) is 0 Å². The summed E-state index contributed by atoms with van der Waals surface area (Å²) >= 11 is 0. The van der Waals surface area contributed by atoms with Gasteiger partial charge in [0.1, 0.15) is 0 Å². The third kappa shape index (κ3) is 2.41. The molecule has 5 aliphatic rings. The Labute approximate surface area is 149 Å². The predicted molar refractivity (Wildman–Crippen MR) is 96.0 cm³/mol. The predicted octanol–water partition coefficient (Wildman–Crippen LogP) is 3.04. The van der Waals surface area contributed by atoms with Gasteiger partial charge >= 0.3 is 0 Å². The molecule has 4 fully saturated rings. The number of carbonyl (C=O) groups is 2. The van der Waals surface area contributed by atoms with E-state index in [-0.39, 0.29) is 17.2 Å². The van der Waals surface area contributed by atoms with Crippen LogP contribution in [0.1, 0.15) is 49.7 Å². The Morgan fingerprint density at radius 3 is 2.44 bits per heavy atom. The standard InChI is InChI=1S/C21H26N2O2/c1-23-18-3-2-13(7-17(18)8-19(23)24)12-22-20(25)21-9-14-4-15(10-21)6-16(5-14)11-21/h2-3,7,14-16H,4-6,8-12H2,1H3,(H,22,25). The van der Waals surface area contributed by atoms with E-state index in [1.54, 1.807) is 4.90 Å². The largest absolute Gasteiger partial charge is 0.352 e. The average Bonchev–Trinajstić information content (AvgIpc) is 2.85. The molecule has 4 saturated carbocycles. The topological polar surface area (TPSA) is 49.4 Å². The molecule has 0 spiro atoms. The van der Waals surface area contributed by atoms with Crippen LogP contribution in [0.25, 0.3) is 0 Å². The Balaban J connectivity index is 1.28. The number of likely N-dealkylation sites (N-methyl/N-ethyl adjacent to an activating group) is 1. The number of anilines is 1. The molecule has 1 heterocycles. The lowest BCUT2D eigenvalue weighted by atomic mass is 9.49. The first-order valence-corrected chi connectivity index (χ1v) is 9.69. The first-order chi connectivity index (χ1) is 12.0. The second-order valence-corrected chi connectivity index (χ2v) is 8.97. The second-order valence-electron chi connectivity index (χ2n) is 8.97. The summed E-state index contributed by atoms with van der Waals surface area (Å²) in [6, 6.07) is 6.12. The number of hydrogen-bond acceptors (Lipinski definition) is 2. The Morgan fingerprint density at radius 2 is 1.80 bits per heavy atom. The third-order valence-corrected chi connectivity index (χ3v) is 7.19. The van der Waals surface area contributed by atoms with Crippen LogP contribution in [0.15, 0.2) is 18.2 Å². The fraction of sp³-hybridized carbons (Fsp3) is 0.619. The van der Waals surface area contributed by atoms with Crippen molar-refractivity contribution in [2.75, 3.05) is 11.9 Å². The zero-order chi connectivity index (χ0) is 17.2. The van der Waals surface area contributed by atoms with Gasteiger partial charge in [-0.25, -0.2) is 0 Å². The molecule has 0 saturated heterocycles. The quantitative estimate of drug-likeness (QED) is 0.921. The zero-order valence-corrected chi connectivity index (χ0v) is 14.9. The van der Waals surface area contributed by atoms with Crippen LogP contribution in [0.4, 0.5) is 5.69 Å². The first kappa shape index (κ1) is 15.4. The molecule has 0 aromatic heterocycles. The van der Waals surface area contributed by atoms with Crippen molar-refractivity contribution in [3.05, 3.63) is 29.3 Å². The summed E-state index contributed by atoms with van der Waals surface area (Å²) in [4.78, 5) is 26.6. The number of rotatable bonds is 3. The molecule has 132 valence electrons. The molecule has 2 amide bonds. The molecule has 4 aliphatic carbocycles. The Kier molecular flexibility index (Phi) is 3.28. The van der Waals surface area contributed by atoms with E-state index in [4.69, 9.17) is 0 Å². The van der Waals surface area contributed by atoms with Crippen molar-refractivity contribution in [2.24, 2.45) is 23.2 Å². The van der Waals surface area contributed by atoms with Gasteiger partial charge in [-0.3, -0.25) is 9.59 Å². The van der Waals surface area contributed by atoms with E-state index in [9.17, 15) is 9.59 Å². The van der Waals surface area contributed by atoms with Crippen LogP contribution in [-0.2, 0) is 22.6 Å². The lowest BCUT2D eigenvalue weighted by Gasteiger charge is -2.55. The second kappa shape index (κ2) is 5.33. The molecule has 0 atom stereocenters. The highest BCUT2D eigenvalue weighted by molar-refractivity contribution is 6.00. The molecule has 1 aromatic rings. The number of fused-ring (bicyclic) bond motifs is 1. The highest BCUT2D eigenvalue weighted by atomic mass is 16.2. The van der Waals surface area contributed by atoms with Gasteiger partial charge in [0.2, 0.25) is 11.8 Å². The Bertz CT molecular complexity index is 719. The first-order valence-electron chi connectivity index (χ1n) is 9.69. The van der Waals surface area contributed by atoms with Crippen LogP contribution in [0.2, 0.25) is 0 Å². The van der Waals surface area contributed by atoms with Crippen molar-refractivity contribution in [3.63, 3.8) is 0 Å². The maximum Gasteiger partial charge on any atom is 0.231 e. The molecule has 4 nitrogen and oxygen atoms in total. The van der Waals surface area contributed by atoms with Crippen LogP contribution in [0.3, 0.4) is 0 Å². The van der Waals surface area contributed by atoms with Gasteiger partial charge in [-0.1, -0.05) is 12.1 Å². The maximum absolute atomic E-state index is 13.0. The van der Waals surface area contributed by atoms with E-state index in [0.29, 0.717) is 13.0 Å². The van der Waals surface area contributed by atoms with Gasteiger partial charge in [-0.2, -0.15) is 0 Å². The summed E-state index contributed by atoms with van der Waals surface area (Å²) in [5.74, 6) is 2.79. The molecule has 0 radical (unpaired) electrons. The Hall–Kier alpha value is -1.84. The molecular weight excluding hydrogens is 312 g/mol. The van der Waals surface area contributed by atoms with Crippen molar-refractivity contribution in [1.29, 1.82) is 0 Å². The van der Waals surface area contributed by atoms with Crippen LogP contribution in [0, 0.1) is 23.2 Å². The van der Waals surface area contributed by atoms with E-state index >= 15 is 0 Å². The van der Waals surface area contributed by atoms with Gasteiger partial charge in [0, 0.05) is 24.7 Å². The molecule has 1 aliphatic heterocycles. The van der Waals surface area contributed by atoms with Gasteiger partial charge in [0.05, 0.1) is 6.42 Å². The van der Waals surface area contributed by atoms with Gasteiger partial charge in [-0.15, -0.1) is 0 Å². The van der Waals surface area contributed by atoms with E-state index in [2.05, 4.69) is 11.4 Å². The minimum absolute atomic E-state index is 0.0817. The number of benzene rings is 1. The SMILES string of the molecule is CN1C(=O)Cc2cc(CNC(=O)C34CC5CC(CC(C5)C3)C4)ccc21. The summed E-state index contributed by atoms with van der Waals surface area (Å²) in [5.41, 5.74) is 3.09.